The first-order valence-corrected chi connectivity index (χ1v) is 10.8. The highest BCUT2D eigenvalue weighted by atomic mass is 32.2. The van der Waals surface area contributed by atoms with Gasteiger partial charge in [0.05, 0.1) is 17.7 Å². The summed E-state index contributed by atoms with van der Waals surface area (Å²) in [4.78, 5) is 4.79. The Morgan fingerprint density at radius 2 is 1.59 bits per heavy atom. The highest BCUT2D eigenvalue weighted by molar-refractivity contribution is 8.14. The van der Waals surface area contributed by atoms with Gasteiger partial charge in [0, 0.05) is 17.8 Å². The summed E-state index contributed by atoms with van der Waals surface area (Å²) in [7, 11) is 0. The van der Waals surface area contributed by atoms with Crippen LogP contribution in [-0.4, -0.2) is 26.2 Å². The van der Waals surface area contributed by atoms with Crippen LogP contribution in [0.3, 0.4) is 0 Å². The van der Waals surface area contributed by atoms with E-state index in [4.69, 9.17) is 4.99 Å². The molecule has 1 aliphatic rings. The first-order valence-electron chi connectivity index (χ1n) is 9.79. The number of benzene rings is 3. The molecule has 3 aromatic rings. The van der Waals surface area contributed by atoms with Gasteiger partial charge in [0.1, 0.15) is 5.75 Å². The van der Waals surface area contributed by atoms with Crippen LogP contribution in [0, 0.1) is 6.92 Å². The van der Waals surface area contributed by atoms with E-state index in [0.717, 1.165) is 27.7 Å². The lowest BCUT2D eigenvalue weighted by Gasteiger charge is -2.20. The van der Waals surface area contributed by atoms with Gasteiger partial charge < -0.3 is 5.11 Å². The molecule has 1 atom stereocenters. The van der Waals surface area contributed by atoms with Crippen molar-refractivity contribution in [2.75, 3.05) is 5.75 Å². The summed E-state index contributed by atoms with van der Waals surface area (Å²) in [5.41, 5.74) is 4.02. The maximum absolute atomic E-state index is 11.7. The number of nitrogens with zero attached hydrogens (tertiary/aromatic N) is 2. The van der Waals surface area contributed by atoms with Gasteiger partial charge >= 0.3 is 5.72 Å². The van der Waals surface area contributed by atoms with Gasteiger partial charge in [0.25, 0.3) is 0 Å². The van der Waals surface area contributed by atoms with E-state index in [1.54, 1.807) is 11.8 Å². The molecule has 1 N–H and O–H groups in total. The largest absolute Gasteiger partial charge is 0.330 e. The Morgan fingerprint density at radius 3 is 2.24 bits per heavy atom. The highest BCUT2D eigenvalue weighted by Crippen LogP contribution is 2.40. The van der Waals surface area contributed by atoms with Crippen LogP contribution >= 0.6 is 11.8 Å². The van der Waals surface area contributed by atoms with Crippen molar-refractivity contribution in [3.8, 4) is 0 Å². The minimum atomic E-state index is -1.08. The Balaban J connectivity index is 1.74. The molecule has 3 aromatic carbocycles. The van der Waals surface area contributed by atoms with Crippen LogP contribution in [0.1, 0.15) is 24.5 Å². The monoisotopic (exact) mass is 401 g/mol. The molecule has 146 valence electrons. The quantitative estimate of drug-likeness (QED) is 0.432. The highest BCUT2D eigenvalue weighted by Gasteiger charge is 2.50. The molecule has 29 heavy (non-hydrogen) atoms. The molecule has 0 bridgehead atoms. The molecule has 0 saturated heterocycles. The molecule has 1 heterocycles. The van der Waals surface area contributed by atoms with Crippen molar-refractivity contribution in [3.63, 3.8) is 0 Å². The van der Waals surface area contributed by atoms with Gasteiger partial charge in [0.2, 0.25) is 10.7 Å². The predicted octanol–water partition coefficient (Wildman–Crippen LogP) is 5.81. The molecule has 0 amide bonds. The molecule has 0 aliphatic carbocycles. The van der Waals surface area contributed by atoms with E-state index in [9.17, 15) is 5.11 Å². The first kappa shape index (κ1) is 19.6. The average Bonchev–Trinajstić information content (AvgIpc) is 3.08. The lowest BCUT2D eigenvalue weighted by atomic mass is 10.0. The number of hydrogen-bond acceptors (Lipinski definition) is 3. The fraction of sp³-hybridized carbons (Fsp3) is 0.200. The zero-order valence-electron chi connectivity index (χ0n) is 16.7. The van der Waals surface area contributed by atoms with Crippen LogP contribution < -0.4 is 0 Å². The molecule has 0 aromatic heterocycles. The summed E-state index contributed by atoms with van der Waals surface area (Å²) in [6, 6.07) is 28.3. The van der Waals surface area contributed by atoms with Gasteiger partial charge in [-0.15, -0.1) is 0 Å². The molecule has 4 rings (SSSR count). The third-order valence-corrected chi connectivity index (χ3v) is 6.28. The fourth-order valence-corrected chi connectivity index (χ4v) is 4.96. The molecule has 1 unspecified atom stereocenters. The summed E-state index contributed by atoms with van der Waals surface area (Å²) in [5.74, 6) is 0.582. The second kappa shape index (κ2) is 8.36. The van der Waals surface area contributed by atoms with Crippen LogP contribution in [0.5, 0.6) is 0 Å². The van der Waals surface area contributed by atoms with E-state index in [1.165, 1.54) is 5.56 Å². The Kier molecular flexibility index (Phi) is 5.65. The summed E-state index contributed by atoms with van der Waals surface area (Å²) < 4.78 is 2.07. The zero-order chi connectivity index (χ0) is 20.3. The number of thioether (sulfide) groups is 1. The van der Waals surface area contributed by atoms with Gasteiger partial charge in [-0.1, -0.05) is 65.9 Å². The van der Waals surface area contributed by atoms with Crippen LogP contribution in [0.2, 0.25) is 0 Å². The van der Waals surface area contributed by atoms with Crippen molar-refractivity contribution >= 4 is 33.9 Å². The smallest absolute Gasteiger partial charge is 0.307 e. The van der Waals surface area contributed by atoms with Crippen molar-refractivity contribution in [2.45, 2.75) is 26.0 Å². The van der Waals surface area contributed by atoms with E-state index in [-0.39, 0.29) is 0 Å². The maximum Gasteiger partial charge on any atom is 0.307 e. The molecule has 1 aliphatic heterocycles. The van der Waals surface area contributed by atoms with E-state index in [0.29, 0.717) is 12.2 Å². The van der Waals surface area contributed by atoms with Crippen molar-refractivity contribution < 1.29 is 9.68 Å². The van der Waals surface area contributed by atoms with Crippen LogP contribution in [0.25, 0.3) is 0 Å². The van der Waals surface area contributed by atoms with Crippen LogP contribution in [-0.2, 0) is 5.72 Å². The van der Waals surface area contributed by atoms with E-state index < -0.39 is 5.72 Å². The Morgan fingerprint density at radius 1 is 0.966 bits per heavy atom. The molecule has 0 fully saturated rings. The molecule has 4 heteroatoms. The van der Waals surface area contributed by atoms with Gasteiger partial charge in [-0.05, 0) is 38.1 Å². The normalized spacial score (nSPS) is 19.6. The van der Waals surface area contributed by atoms with Crippen molar-refractivity contribution in [1.29, 1.82) is 0 Å². The number of aryl methyl sites for hydroxylation is 1. The molecule has 0 spiro atoms. The summed E-state index contributed by atoms with van der Waals surface area (Å²) in [5, 5.41) is 12.8. The van der Waals surface area contributed by atoms with Gasteiger partial charge in [-0.25, -0.2) is 0 Å². The number of aliphatic hydroxyl groups is 1. The average molecular weight is 402 g/mol. The minimum Gasteiger partial charge on any atom is -0.330 e. The van der Waals surface area contributed by atoms with E-state index in [2.05, 4.69) is 30.6 Å². The second-order valence-corrected chi connectivity index (χ2v) is 8.44. The standard InChI is InChI=1S/C25H25N2OS/c1-19-13-15-22(16-14-19)26-20(2)17-24-27(23-11-7-4-8-12-23)25(28,18-29-24)21-9-5-3-6-10-21/h3-16,28H,17-18H2,1-2H3/q+1. The summed E-state index contributed by atoms with van der Waals surface area (Å²) in [6.45, 7) is 4.13. The Bertz CT molecular complexity index is 1040. The summed E-state index contributed by atoms with van der Waals surface area (Å²) >= 11 is 1.70. The third kappa shape index (κ3) is 4.19. The Hall–Kier alpha value is -2.69. The van der Waals surface area contributed by atoms with E-state index >= 15 is 0 Å². The number of rotatable bonds is 5. The summed E-state index contributed by atoms with van der Waals surface area (Å²) in [6.07, 6.45) is 0.697. The van der Waals surface area contributed by atoms with Gasteiger partial charge in [0.15, 0.2) is 0 Å². The Labute approximate surface area is 176 Å². The lowest BCUT2D eigenvalue weighted by Crippen LogP contribution is -2.37. The van der Waals surface area contributed by atoms with Gasteiger partial charge in [-0.2, -0.15) is 4.58 Å². The molecular weight excluding hydrogens is 376 g/mol. The van der Waals surface area contributed by atoms with Crippen molar-refractivity contribution in [2.24, 2.45) is 4.99 Å². The van der Waals surface area contributed by atoms with Crippen molar-refractivity contribution in [1.82, 2.24) is 0 Å². The van der Waals surface area contributed by atoms with Crippen LogP contribution in [0.4, 0.5) is 11.4 Å². The van der Waals surface area contributed by atoms with Gasteiger partial charge in [-0.3, -0.25) is 4.99 Å². The fourth-order valence-electron chi connectivity index (χ4n) is 3.60. The van der Waals surface area contributed by atoms with Crippen LogP contribution in [0.15, 0.2) is 89.9 Å². The third-order valence-electron chi connectivity index (χ3n) is 5.07. The number of para-hydroxylation sites is 1. The number of aliphatic imine (C=N–C) groups is 1. The number of hydrogen-bond donors (Lipinski definition) is 1. The minimum absolute atomic E-state index is 0.582. The van der Waals surface area contributed by atoms with Crippen molar-refractivity contribution in [3.05, 3.63) is 96.1 Å². The molecule has 0 radical (unpaired) electrons. The maximum atomic E-state index is 11.7. The molecular formula is C25H25N2OS+. The zero-order valence-corrected chi connectivity index (χ0v) is 17.6. The predicted molar refractivity (Wildman–Crippen MR) is 123 cm³/mol. The van der Waals surface area contributed by atoms with E-state index in [1.807, 2.05) is 72.8 Å². The SMILES string of the molecule is CC(CC1=[N+](c2ccccc2)C(O)(c2ccccc2)CS1)=Nc1ccc(C)cc1. The second-order valence-electron chi connectivity index (χ2n) is 7.40. The molecule has 3 nitrogen and oxygen atoms in total. The lowest BCUT2D eigenvalue weighted by molar-refractivity contribution is -0.593. The topological polar surface area (TPSA) is 35.6 Å². The first-order chi connectivity index (χ1) is 14.1. The molecule has 0 saturated carbocycles.